The second-order valence-electron chi connectivity index (χ2n) is 7.82. The van der Waals surface area contributed by atoms with Crippen LogP contribution in [-0.2, 0) is 27.8 Å². The minimum absolute atomic E-state index is 0.0533. The van der Waals surface area contributed by atoms with Gasteiger partial charge < -0.3 is 9.64 Å². The Bertz CT molecular complexity index is 1030. The normalized spacial score (nSPS) is 19.0. The summed E-state index contributed by atoms with van der Waals surface area (Å²) in [4.78, 5) is 14.9. The van der Waals surface area contributed by atoms with Crippen molar-refractivity contribution in [3.8, 4) is 5.75 Å². The quantitative estimate of drug-likeness (QED) is 0.787. The highest BCUT2D eigenvalue weighted by molar-refractivity contribution is 7.89. The van der Waals surface area contributed by atoms with Crippen molar-refractivity contribution < 1.29 is 17.9 Å². The van der Waals surface area contributed by atoms with E-state index in [1.165, 1.54) is 0 Å². The number of nitrogens with one attached hydrogen (secondary N) is 1. The van der Waals surface area contributed by atoms with Crippen molar-refractivity contribution in [2.75, 3.05) is 12.0 Å². The molecule has 2 aliphatic rings. The lowest BCUT2D eigenvalue weighted by atomic mass is 9.84. The zero-order chi connectivity index (χ0) is 20.6. The van der Waals surface area contributed by atoms with E-state index < -0.39 is 10.0 Å². The molecule has 0 saturated heterocycles. The maximum absolute atomic E-state index is 12.8. The smallest absolute Gasteiger partial charge is 0.240 e. The number of hydrogen-bond acceptors (Lipinski definition) is 4. The van der Waals surface area contributed by atoms with Crippen LogP contribution in [0.1, 0.15) is 37.3 Å². The number of methoxy groups -OCH3 is 1. The van der Waals surface area contributed by atoms with Crippen molar-refractivity contribution in [1.29, 1.82) is 0 Å². The third-order valence-corrected chi connectivity index (χ3v) is 7.31. The van der Waals surface area contributed by atoms with Crippen LogP contribution in [-0.4, -0.2) is 27.5 Å². The topological polar surface area (TPSA) is 75.7 Å². The molecule has 7 heteroatoms. The minimum atomic E-state index is -3.68. The van der Waals surface area contributed by atoms with Crippen molar-refractivity contribution in [1.82, 2.24) is 4.72 Å². The Morgan fingerprint density at radius 2 is 1.97 bits per heavy atom. The van der Waals surface area contributed by atoms with Crippen LogP contribution in [0, 0.1) is 5.92 Å². The molecule has 0 spiro atoms. The lowest BCUT2D eigenvalue weighted by molar-refractivity contribution is -0.125. The van der Waals surface area contributed by atoms with Crippen LogP contribution in [0.5, 0.6) is 5.75 Å². The summed E-state index contributed by atoms with van der Waals surface area (Å²) in [6.07, 6.45) is 3.69. The van der Waals surface area contributed by atoms with E-state index in [2.05, 4.69) is 4.72 Å². The molecule has 1 N–H and O–H groups in total. The standard InChI is InChI=1S/C22H26N2O4S/c1-15-12-18-13-19(10-11-20(18)24(15)22(25)16-7-5-8-16)29(26,27)23-14-17-6-3-4-9-21(17)28-2/h3-4,6,9-11,13,15-16,23H,5,7-8,12,14H2,1-2H3/t15-/m1/s1. The van der Waals surface area contributed by atoms with Gasteiger partial charge in [-0.3, -0.25) is 4.79 Å². The Hall–Kier alpha value is -2.38. The van der Waals surface area contributed by atoms with E-state index in [-0.39, 0.29) is 29.3 Å². The van der Waals surface area contributed by atoms with Crippen molar-refractivity contribution in [3.05, 3.63) is 53.6 Å². The molecule has 1 aliphatic heterocycles. The third kappa shape index (κ3) is 3.76. The number of nitrogens with zero attached hydrogens (tertiary/aromatic N) is 1. The second kappa shape index (κ2) is 7.80. The number of amides is 1. The zero-order valence-corrected chi connectivity index (χ0v) is 17.5. The van der Waals surface area contributed by atoms with Gasteiger partial charge in [-0.1, -0.05) is 24.6 Å². The number of para-hydroxylation sites is 1. The monoisotopic (exact) mass is 414 g/mol. The number of ether oxygens (including phenoxy) is 1. The van der Waals surface area contributed by atoms with Gasteiger partial charge in [0.05, 0.1) is 12.0 Å². The highest BCUT2D eigenvalue weighted by Crippen LogP contribution is 2.38. The van der Waals surface area contributed by atoms with Crippen molar-refractivity contribution in [2.24, 2.45) is 5.92 Å². The molecule has 154 valence electrons. The molecule has 0 aromatic heterocycles. The Balaban J connectivity index is 1.54. The molecule has 0 radical (unpaired) electrons. The first-order valence-corrected chi connectivity index (χ1v) is 11.5. The predicted octanol–water partition coefficient (Wildman–Crippen LogP) is 3.25. The summed E-state index contributed by atoms with van der Waals surface area (Å²) in [5.41, 5.74) is 2.52. The summed E-state index contributed by atoms with van der Waals surface area (Å²) >= 11 is 0. The number of hydrogen-bond donors (Lipinski definition) is 1. The number of carbonyl (C=O) groups is 1. The number of fused-ring (bicyclic) bond motifs is 1. The first kappa shape index (κ1) is 19.9. The summed E-state index contributed by atoms with van der Waals surface area (Å²) < 4.78 is 33.6. The highest BCUT2D eigenvalue weighted by Gasteiger charge is 2.37. The molecule has 1 aliphatic carbocycles. The first-order chi connectivity index (χ1) is 13.9. The van der Waals surface area contributed by atoms with Gasteiger partial charge in [-0.15, -0.1) is 0 Å². The van der Waals surface area contributed by atoms with Gasteiger partial charge in [0, 0.05) is 29.8 Å². The summed E-state index contributed by atoms with van der Waals surface area (Å²) in [5, 5.41) is 0. The number of rotatable bonds is 6. The van der Waals surface area contributed by atoms with Crippen LogP contribution in [0.3, 0.4) is 0 Å². The molecule has 1 saturated carbocycles. The Kier molecular flexibility index (Phi) is 5.36. The molecular weight excluding hydrogens is 388 g/mol. The van der Waals surface area contributed by atoms with E-state index in [4.69, 9.17) is 4.74 Å². The van der Waals surface area contributed by atoms with Gasteiger partial charge in [0.15, 0.2) is 0 Å². The summed E-state index contributed by atoms with van der Waals surface area (Å²) in [6, 6.07) is 12.4. The SMILES string of the molecule is COc1ccccc1CNS(=O)(=O)c1ccc2c(c1)C[C@@H](C)N2C(=O)C1CCC1. The van der Waals surface area contributed by atoms with Gasteiger partial charge in [0.25, 0.3) is 0 Å². The van der Waals surface area contributed by atoms with Crippen LogP contribution in [0.4, 0.5) is 5.69 Å². The number of anilines is 1. The molecule has 0 unspecified atom stereocenters. The van der Waals surface area contributed by atoms with Gasteiger partial charge in [0.2, 0.25) is 15.9 Å². The van der Waals surface area contributed by atoms with Crippen molar-refractivity contribution in [3.63, 3.8) is 0 Å². The lowest BCUT2D eigenvalue weighted by Crippen LogP contribution is -2.42. The summed E-state index contributed by atoms with van der Waals surface area (Å²) in [5.74, 6) is 0.935. The Morgan fingerprint density at radius 3 is 2.66 bits per heavy atom. The molecule has 1 heterocycles. The Labute approximate surface area is 171 Å². The first-order valence-electron chi connectivity index (χ1n) is 9.98. The van der Waals surface area contributed by atoms with E-state index in [0.717, 1.165) is 36.1 Å². The lowest BCUT2D eigenvalue weighted by Gasteiger charge is -2.32. The van der Waals surface area contributed by atoms with Gasteiger partial charge in [0.1, 0.15) is 5.75 Å². The number of carbonyl (C=O) groups excluding carboxylic acids is 1. The summed E-state index contributed by atoms with van der Waals surface area (Å²) in [7, 11) is -2.12. The molecule has 1 fully saturated rings. The average molecular weight is 415 g/mol. The second-order valence-corrected chi connectivity index (χ2v) is 9.58. The Morgan fingerprint density at radius 1 is 1.21 bits per heavy atom. The van der Waals surface area contributed by atoms with Gasteiger partial charge >= 0.3 is 0 Å². The van der Waals surface area contributed by atoms with E-state index in [0.29, 0.717) is 12.2 Å². The molecule has 1 atom stereocenters. The minimum Gasteiger partial charge on any atom is -0.496 e. The fourth-order valence-electron chi connectivity index (χ4n) is 4.07. The van der Waals surface area contributed by atoms with Crippen LogP contribution < -0.4 is 14.4 Å². The predicted molar refractivity (Wildman–Crippen MR) is 111 cm³/mol. The maximum Gasteiger partial charge on any atom is 0.240 e. The molecule has 29 heavy (non-hydrogen) atoms. The van der Waals surface area contributed by atoms with Crippen LogP contribution in [0.2, 0.25) is 0 Å². The average Bonchev–Trinajstić information content (AvgIpc) is 3.00. The number of benzene rings is 2. The van der Waals surface area contributed by atoms with E-state index in [1.54, 1.807) is 31.4 Å². The molecule has 6 nitrogen and oxygen atoms in total. The van der Waals surface area contributed by atoms with Gasteiger partial charge in [-0.2, -0.15) is 0 Å². The number of sulfonamides is 1. The van der Waals surface area contributed by atoms with E-state index in [9.17, 15) is 13.2 Å². The van der Waals surface area contributed by atoms with E-state index >= 15 is 0 Å². The van der Waals surface area contributed by atoms with Crippen LogP contribution in [0.25, 0.3) is 0 Å². The molecule has 0 bridgehead atoms. The highest BCUT2D eigenvalue weighted by atomic mass is 32.2. The largest absolute Gasteiger partial charge is 0.496 e. The third-order valence-electron chi connectivity index (χ3n) is 5.91. The zero-order valence-electron chi connectivity index (χ0n) is 16.7. The van der Waals surface area contributed by atoms with Crippen LogP contribution in [0.15, 0.2) is 47.4 Å². The summed E-state index contributed by atoms with van der Waals surface area (Å²) in [6.45, 7) is 2.16. The molecule has 2 aromatic rings. The van der Waals surface area contributed by atoms with Gasteiger partial charge in [-0.25, -0.2) is 13.1 Å². The maximum atomic E-state index is 12.8. The van der Waals surface area contributed by atoms with Gasteiger partial charge in [-0.05, 0) is 56.0 Å². The molecular formula is C22H26N2O4S. The fraction of sp³-hybridized carbons (Fsp3) is 0.409. The molecule has 1 amide bonds. The van der Waals surface area contributed by atoms with Crippen molar-refractivity contribution >= 4 is 21.6 Å². The molecule has 2 aromatic carbocycles. The fourth-order valence-corrected chi connectivity index (χ4v) is 5.12. The van der Waals surface area contributed by atoms with Crippen molar-refractivity contribution in [2.45, 2.75) is 50.1 Å². The van der Waals surface area contributed by atoms with E-state index in [1.807, 2.05) is 30.0 Å². The van der Waals surface area contributed by atoms with Crippen LogP contribution >= 0.6 is 0 Å². The molecule has 4 rings (SSSR count).